The van der Waals surface area contributed by atoms with Crippen LogP contribution in [0, 0.1) is 5.92 Å². The van der Waals surface area contributed by atoms with Crippen molar-refractivity contribution in [3.8, 4) is 0 Å². The van der Waals surface area contributed by atoms with E-state index in [4.69, 9.17) is 0 Å². The van der Waals surface area contributed by atoms with Gasteiger partial charge in [-0.3, -0.25) is 9.69 Å². The molecular formula is C22H27NO. The average molecular weight is 321 g/mol. The first kappa shape index (κ1) is 16.8. The standard InChI is InChI=1S/C22H27NO/c1-5-10-17-15-16-11-6-8-13-19(16)23(21(17)24)20-14-9-7-12-18(20)22(2,3)4/h6-9,11-14,17H,5,10,15H2,1-4H3/t17-/m1/s1. The Morgan fingerprint density at radius 3 is 2.29 bits per heavy atom. The highest BCUT2D eigenvalue weighted by molar-refractivity contribution is 6.05. The monoisotopic (exact) mass is 321 g/mol. The first-order valence-corrected chi connectivity index (χ1v) is 8.95. The van der Waals surface area contributed by atoms with Gasteiger partial charge in [-0.15, -0.1) is 0 Å². The summed E-state index contributed by atoms with van der Waals surface area (Å²) < 4.78 is 0. The molecule has 0 saturated carbocycles. The molecule has 0 radical (unpaired) electrons. The highest BCUT2D eigenvalue weighted by atomic mass is 16.2. The number of carbonyl (C=O) groups excluding carboxylic acids is 1. The fourth-order valence-corrected chi connectivity index (χ4v) is 3.68. The normalized spacial score (nSPS) is 17.8. The molecule has 0 N–H and O–H groups in total. The van der Waals surface area contributed by atoms with Gasteiger partial charge in [0.25, 0.3) is 0 Å². The minimum Gasteiger partial charge on any atom is -0.280 e. The van der Waals surface area contributed by atoms with Crippen molar-refractivity contribution >= 4 is 17.3 Å². The summed E-state index contributed by atoms with van der Waals surface area (Å²) in [5.74, 6) is 0.324. The average Bonchev–Trinajstić information content (AvgIpc) is 2.55. The van der Waals surface area contributed by atoms with Crippen molar-refractivity contribution in [1.82, 2.24) is 0 Å². The van der Waals surface area contributed by atoms with Crippen LogP contribution in [0.25, 0.3) is 0 Å². The van der Waals surface area contributed by atoms with Crippen LogP contribution < -0.4 is 4.90 Å². The molecule has 24 heavy (non-hydrogen) atoms. The van der Waals surface area contributed by atoms with E-state index in [0.717, 1.165) is 30.6 Å². The molecule has 0 unspecified atom stereocenters. The number of hydrogen-bond donors (Lipinski definition) is 0. The van der Waals surface area contributed by atoms with E-state index in [1.54, 1.807) is 0 Å². The maximum Gasteiger partial charge on any atom is 0.235 e. The summed E-state index contributed by atoms with van der Waals surface area (Å²) in [6, 6.07) is 16.7. The van der Waals surface area contributed by atoms with Crippen LogP contribution in [0.5, 0.6) is 0 Å². The van der Waals surface area contributed by atoms with Gasteiger partial charge in [0.2, 0.25) is 5.91 Å². The van der Waals surface area contributed by atoms with E-state index in [-0.39, 0.29) is 17.2 Å². The molecule has 126 valence electrons. The van der Waals surface area contributed by atoms with E-state index in [2.05, 4.69) is 64.1 Å². The molecule has 2 heteroatoms. The molecule has 0 aromatic heterocycles. The van der Waals surface area contributed by atoms with Crippen LogP contribution >= 0.6 is 0 Å². The fourth-order valence-electron chi connectivity index (χ4n) is 3.68. The van der Waals surface area contributed by atoms with E-state index in [1.165, 1.54) is 11.1 Å². The maximum atomic E-state index is 13.3. The first-order chi connectivity index (χ1) is 11.4. The van der Waals surface area contributed by atoms with Gasteiger partial charge in [0.05, 0.1) is 11.4 Å². The Hall–Kier alpha value is -2.09. The number of fused-ring (bicyclic) bond motifs is 1. The van der Waals surface area contributed by atoms with Crippen molar-refractivity contribution in [3.05, 3.63) is 59.7 Å². The Morgan fingerprint density at radius 2 is 1.62 bits per heavy atom. The van der Waals surface area contributed by atoms with Gasteiger partial charge in [-0.2, -0.15) is 0 Å². The lowest BCUT2D eigenvalue weighted by atomic mass is 9.83. The largest absolute Gasteiger partial charge is 0.280 e. The number of nitrogens with zero attached hydrogens (tertiary/aromatic N) is 1. The second-order valence-electron chi connectivity index (χ2n) is 7.76. The number of amides is 1. The van der Waals surface area contributed by atoms with Gasteiger partial charge >= 0.3 is 0 Å². The van der Waals surface area contributed by atoms with E-state index in [0.29, 0.717) is 0 Å². The van der Waals surface area contributed by atoms with Gasteiger partial charge in [-0.05, 0) is 41.5 Å². The van der Waals surface area contributed by atoms with Crippen molar-refractivity contribution in [1.29, 1.82) is 0 Å². The molecular weight excluding hydrogens is 294 g/mol. The number of anilines is 2. The van der Waals surface area contributed by atoms with E-state index in [1.807, 2.05) is 17.0 Å². The Balaban J connectivity index is 2.17. The molecule has 2 nitrogen and oxygen atoms in total. The van der Waals surface area contributed by atoms with Crippen molar-refractivity contribution in [3.63, 3.8) is 0 Å². The SMILES string of the molecule is CCC[C@@H]1Cc2ccccc2N(c2ccccc2C(C)(C)C)C1=O. The lowest BCUT2D eigenvalue weighted by molar-refractivity contribution is -0.122. The number of carbonyl (C=O) groups is 1. The number of benzene rings is 2. The maximum absolute atomic E-state index is 13.3. The highest BCUT2D eigenvalue weighted by Gasteiger charge is 2.35. The lowest BCUT2D eigenvalue weighted by Gasteiger charge is -2.37. The van der Waals surface area contributed by atoms with E-state index >= 15 is 0 Å². The van der Waals surface area contributed by atoms with Gasteiger partial charge < -0.3 is 0 Å². The Labute approximate surface area is 145 Å². The molecule has 0 fully saturated rings. The molecule has 0 saturated heterocycles. The van der Waals surface area contributed by atoms with Gasteiger partial charge in [-0.1, -0.05) is 70.5 Å². The van der Waals surface area contributed by atoms with Crippen LogP contribution in [-0.2, 0) is 16.6 Å². The van der Waals surface area contributed by atoms with Gasteiger partial charge in [-0.25, -0.2) is 0 Å². The summed E-state index contributed by atoms with van der Waals surface area (Å²) in [5.41, 5.74) is 4.56. The molecule has 1 aliphatic rings. The Kier molecular flexibility index (Phi) is 4.49. The van der Waals surface area contributed by atoms with Crippen LogP contribution in [-0.4, -0.2) is 5.91 Å². The topological polar surface area (TPSA) is 20.3 Å². The highest BCUT2D eigenvalue weighted by Crippen LogP contribution is 2.41. The Bertz CT molecular complexity index is 742. The zero-order chi connectivity index (χ0) is 17.3. The fraction of sp³-hybridized carbons (Fsp3) is 0.409. The zero-order valence-electron chi connectivity index (χ0n) is 15.2. The second-order valence-corrected chi connectivity index (χ2v) is 7.76. The minimum atomic E-state index is -0.0104. The summed E-state index contributed by atoms with van der Waals surface area (Å²) in [4.78, 5) is 15.3. The molecule has 1 atom stereocenters. The molecule has 0 spiro atoms. The molecule has 3 rings (SSSR count). The molecule has 2 aromatic carbocycles. The second kappa shape index (κ2) is 6.43. The predicted octanol–water partition coefficient (Wildman–Crippen LogP) is 5.62. The number of hydrogen-bond acceptors (Lipinski definition) is 1. The summed E-state index contributed by atoms with van der Waals surface area (Å²) in [7, 11) is 0. The third-order valence-corrected chi connectivity index (χ3v) is 4.86. The molecule has 1 amide bonds. The molecule has 0 bridgehead atoms. The minimum absolute atomic E-state index is 0.0104. The summed E-state index contributed by atoms with van der Waals surface area (Å²) >= 11 is 0. The van der Waals surface area contributed by atoms with Gasteiger partial charge in [0.1, 0.15) is 0 Å². The third kappa shape index (κ3) is 2.98. The molecule has 0 aliphatic carbocycles. The van der Waals surface area contributed by atoms with E-state index in [9.17, 15) is 4.79 Å². The van der Waals surface area contributed by atoms with Crippen molar-refractivity contribution in [2.75, 3.05) is 4.90 Å². The lowest BCUT2D eigenvalue weighted by Crippen LogP contribution is -2.39. The predicted molar refractivity (Wildman–Crippen MR) is 101 cm³/mol. The van der Waals surface area contributed by atoms with Crippen molar-refractivity contribution in [2.24, 2.45) is 5.92 Å². The van der Waals surface area contributed by atoms with Crippen LogP contribution in [0.4, 0.5) is 11.4 Å². The number of para-hydroxylation sites is 2. The quantitative estimate of drug-likeness (QED) is 0.718. The summed E-state index contributed by atoms with van der Waals surface area (Å²) in [6.45, 7) is 8.77. The zero-order valence-corrected chi connectivity index (χ0v) is 15.2. The van der Waals surface area contributed by atoms with Gasteiger partial charge in [0.15, 0.2) is 0 Å². The van der Waals surface area contributed by atoms with Crippen molar-refractivity contribution in [2.45, 2.75) is 52.4 Å². The molecule has 2 aromatic rings. The van der Waals surface area contributed by atoms with Crippen molar-refractivity contribution < 1.29 is 4.79 Å². The first-order valence-electron chi connectivity index (χ1n) is 8.95. The summed E-state index contributed by atoms with van der Waals surface area (Å²) in [5, 5.41) is 0. The summed E-state index contributed by atoms with van der Waals surface area (Å²) in [6.07, 6.45) is 2.84. The van der Waals surface area contributed by atoms with Crippen LogP contribution in [0.2, 0.25) is 0 Å². The van der Waals surface area contributed by atoms with Crippen LogP contribution in [0.1, 0.15) is 51.7 Å². The number of rotatable bonds is 3. The van der Waals surface area contributed by atoms with E-state index < -0.39 is 0 Å². The van der Waals surface area contributed by atoms with Gasteiger partial charge in [0, 0.05) is 5.92 Å². The van der Waals surface area contributed by atoms with Crippen LogP contribution in [0.3, 0.4) is 0 Å². The third-order valence-electron chi connectivity index (χ3n) is 4.86. The molecule has 1 aliphatic heterocycles. The molecule has 1 heterocycles. The smallest absolute Gasteiger partial charge is 0.235 e. The van der Waals surface area contributed by atoms with Crippen LogP contribution in [0.15, 0.2) is 48.5 Å². The Morgan fingerprint density at radius 1 is 1.00 bits per heavy atom.